The molecule has 0 aromatic heterocycles. The molecule has 0 amide bonds. The molecule has 0 aliphatic carbocycles. The van der Waals surface area contributed by atoms with E-state index in [1.807, 2.05) is 51.1 Å². The number of carbonyl (C=O) groups is 1. The maximum absolute atomic E-state index is 12.8. The van der Waals surface area contributed by atoms with Crippen LogP contribution in [0.25, 0.3) is 0 Å². The van der Waals surface area contributed by atoms with E-state index in [-0.39, 0.29) is 0 Å². The number of guanidine groups is 1. The number of nitrogens with one attached hydrogen (secondary N) is 1. The van der Waals surface area contributed by atoms with Crippen LogP contribution in [0.5, 0.6) is 0 Å². The highest BCUT2D eigenvalue weighted by Gasteiger charge is 2.32. The summed E-state index contributed by atoms with van der Waals surface area (Å²) in [5.74, 6) is -0.0600. The van der Waals surface area contributed by atoms with Gasteiger partial charge in [0.2, 0.25) is 12.1 Å². The van der Waals surface area contributed by atoms with Crippen molar-refractivity contribution in [2.24, 2.45) is 4.99 Å². The average molecular weight is 436 g/mol. The smallest absolute Gasteiger partial charge is 0.343 e. The second-order valence-electron chi connectivity index (χ2n) is 7.46. The molecule has 2 aromatic rings. The Hall–Kier alpha value is -2.28. The number of para-hydroxylation sites is 1. The summed E-state index contributed by atoms with van der Waals surface area (Å²) in [7, 11) is 0. The highest BCUT2D eigenvalue weighted by atomic mass is 35.5. The van der Waals surface area contributed by atoms with Gasteiger partial charge in [0.25, 0.3) is 0 Å². The van der Waals surface area contributed by atoms with Crippen LogP contribution in [0.4, 0.5) is 5.69 Å². The van der Waals surface area contributed by atoms with Crippen molar-refractivity contribution in [3.63, 3.8) is 0 Å². The average Bonchev–Trinajstić information content (AvgIpc) is 3.09. The molecular formula is C21H23Cl2N3O3. The molecular weight excluding hydrogens is 413 g/mol. The van der Waals surface area contributed by atoms with Gasteiger partial charge in [-0.1, -0.05) is 59.6 Å². The van der Waals surface area contributed by atoms with Crippen molar-refractivity contribution >= 4 is 40.8 Å². The molecule has 1 aliphatic rings. The standard InChI is InChI=1S/C21H23Cl2N3O3/c1-21(2,3)28-19(27)18(14-8-5-4-6-9-14)29-26-13-12-24-20(26)25-17-15(22)10-7-11-16(17)23/h4-11,18H,12-13H2,1-3H3,(H,24,25). The fraction of sp³-hybridized carbons (Fsp3) is 0.333. The predicted molar refractivity (Wildman–Crippen MR) is 115 cm³/mol. The van der Waals surface area contributed by atoms with Gasteiger partial charge in [-0.05, 0) is 38.5 Å². The highest BCUT2D eigenvalue weighted by Crippen LogP contribution is 2.31. The lowest BCUT2D eigenvalue weighted by Crippen LogP contribution is -2.38. The first kappa shape index (κ1) is 21.4. The van der Waals surface area contributed by atoms with E-state index in [0.29, 0.717) is 40.3 Å². The topological polar surface area (TPSA) is 63.2 Å². The van der Waals surface area contributed by atoms with Gasteiger partial charge in [0, 0.05) is 0 Å². The van der Waals surface area contributed by atoms with E-state index < -0.39 is 17.7 Å². The van der Waals surface area contributed by atoms with Gasteiger partial charge in [-0.15, -0.1) is 0 Å². The maximum Gasteiger partial charge on any atom is 0.343 e. The molecule has 8 heteroatoms. The number of rotatable bonds is 5. The number of benzene rings is 2. The number of ether oxygens (including phenoxy) is 1. The number of halogens is 2. The van der Waals surface area contributed by atoms with Crippen LogP contribution in [0.15, 0.2) is 53.5 Å². The SMILES string of the molecule is CC(C)(C)OC(=O)C(ON1CCN=C1Nc1c(Cl)cccc1Cl)c1ccccc1. The molecule has 1 heterocycles. The van der Waals surface area contributed by atoms with E-state index in [9.17, 15) is 4.79 Å². The molecule has 1 N–H and O–H groups in total. The second-order valence-corrected chi connectivity index (χ2v) is 8.27. The zero-order valence-electron chi connectivity index (χ0n) is 16.5. The Kier molecular flexibility index (Phi) is 6.67. The van der Waals surface area contributed by atoms with Gasteiger partial charge in [-0.25, -0.2) is 14.9 Å². The summed E-state index contributed by atoms with van der Waals surface area (Å²) in [4.78, 5) is 23.3. The quantitative estimate of drug-likeness (QED) is 0.662. The molecule has 1 aliphatic heterocycles. The van der Waals surface area contributed by atoms with Gasteiger partial charge in [-0.3, -0.25) is 4.84 Å². The Labute approximate surface area is 180 Å². The number of hydrogen-bond acceptors (Lipinski definition) is 6. The maximum atomic E-state index is 12.8. The third-order valence-electron chi connectivity index (χ3n) is 3.96. The van der Waals surface area contributed by atoms with Gasteiger partial charge >= 0.3 is 5.97 Å². The van der Waals surface area contributed by atoms with Crippen LogP contribution in [0.3, 0.4) is 0 Å². The second kappa shape index (κ2) is 9.03. The van der Waals surface area contributed by atoms with Crippen LogP contribution in [0.1, 0.15) is 32.4 Å². The molecule has 2 aromatic carbocycles. The van der Waals surface area contributed by atoms with Crippen molar-refractivity contribution in [1.29, 1.82) is 0 Å². The zero-order valence-corrected chi connectivity index (χ0v) is 18.0. The van der Waals surface area contributed by atoms with Crippen LogP contribution in [-0.2, 0) is 14.4 Å². The van der Waals surface area contributed by atoms with Crippen molar-refractivity contribution in [3.05, 3.63) is 64.1 Å². The van der Waals surface area contributed by atoms with E-state index >= 15 is 0 Å². The number of hydrogen-bond donors (Lipinski definition) is 1. The van der Waals surface area contributed by atoms with Gasteiger partial charge < -0.3 is 10.1 Å². The van der Waals surface area contributed by atoms with Gasteiger partial charge in [0.1, 0.15) is 5.60 Å². The minimum absolute atomic E-state index is 0.421. The van der Waals surface area contributed by atoms with Crippen molar-refractivity contribution in [2.45, 2.75) is 32.5 Å². The van der Waals surface area contributed by atoms with E-state index in [0.717, 1.165) is 0 Å². The lowest BCUT2D eigenvalue weighted by molar-refractivity contribution is -0.195. The third kappa shape index (κ3) is 5.63. The molecule has 6 nitrogen and oxygen atoms in total. The summed E-state index contributed by atoms with van der Waals surface area (Å²) in [5.41, 5.74) is 0.570. The number of hydroxylamine groups is 2. The van der Waals surface area contributed by atoms with Crippen LogP contribution in [0, 0.1) is 0 Å². The fourth-order valence-corrected chi connectivity index (χ4v) is 3.21. The zero-order chi connectivity index (χ0) is 21.0. The summed E-state index contributed by atoms with van der Waals surface area (Å²) < 4.78 is 5.56. The van der Waals surface area contributed by atoms with Crippen LogP contribution < -0.4 is 5.32 Å². The Morgan fingerprint density at radius 2 is 1.76 bits per heavy atom. The van der Waals surface area contributed by atoms with E-state index in [1.54, 1.807) is 18.2 Å². The molecule has 0 bridgehead atoms. The monoisotopic (exact) mass is 435 g/mol. The molecule has 154 valence electrons. The molecule has 1 atom stereocenters. The molecule has 0 fully saturated rings. The lowest BCUT2D eigenvalue weighted by atomic mass is 10.1. The van der Waals surface area contributed by atoms with Crippen molar-refractivity contribution in [1.82, 2.24) is 5.06 Å². The summed E-state index contributed by atoms with van der Waals surface area (Å²) in [6, 6.07) is 14.4. The number of aliphatic imine (C=N–C) groups is 1. The number of esters is 1. The Morgan fingerprint density at radius 1 is 1.10 bits per heavy atom. The molecule has 3 rings (SSSR count). The Balaban J connectivity index is 1.81. The fourth-order valence-electron chi connectivity index (χ4n) is 2.72. The summed E-state index contributed by atoms with van der Waals surface area (Å²) in [5, 5.41) is 5.55. The van der Waals surface area contributed by atoms with Crippen molar-refractivity contribution in [3.8, 4) is 0 Å². The van der Waals surface area contributed by atoms with Crippen LogP contribution in [0.2, 0.25) is 10.0 Å². The number of carbonyl (C=O) groups excluding carboxylic acids is 1. The van der Waals surface area contributed by atoms with Gasteiger partial charge in [-0.2, -0.15) is 0 Å². The highest BCUT2D eigenvalue weighted by molar-refractivity contribution is 6.39. The first-order valence-electron chi connectivity index (χ1n) is 9.22. The largest absolute Gasteiger partial charge is 0.458 e. The number of anilines is 1. The summed E-state index contributed by atoms with van der Waals surface area (Å²) >= 11 is 12.5. The molecule has 29 heavy (non-hydrogen) atoms. The third-order valence-corrected chi connectivity index (χ3v) is 4.59. The van der Waals surface area contributed by atoms with Crippen molar-refractivity contribution in [2.75, 3.05) is 18.4 Å². The summed E-state index contributed by atoms with van der Waals surface area (Å²) in [6.45, 7) is 6.42. The normalized spacial score (nSPS) is 15.1. The lowest BCUT2D eigenvalue weighted by Gasteiger charge is -2.28. The number of nitrogens with zero attached hydrogens (tertiary/aromatic N) is 2. The molecule has 1 unspecified atom stereocenters. The molecule has 0 spiro atoms. The minimum atomic E-state index is -0.942. The molecule has 0 radical (unpaired) electrons. The van der Waals surface area contributed by atoms with Gasteiger partial charge in [0.15, 0.2) is 0 Å². The van der Waals surface area contributed by atoms with Crippen molar-refractivity contribution < 1.29 is 14.4 Å². The van der Waals surface area contributed by atoms with Gasteiger partial charge in [0.05, 0.1) is 28.8 Å². The molecule has 0 saturated heterocycles. The van der Waals surface area contributed by atoms with E-state index in [4.69, 9.17) is 32.8 Å². The summed E-state index contributed by atoms with van der Waals surface area (Å²) in [6.07, 6.45) is -0.942. The van der Waals surface area contributed by atoms with E-state index in [2.05, 4.69) is 10.3 Å². The Bertz CT molecular complexity index is 878. The van der Waals surface area contributed by atoms with Crippen LogP contribution in [-0.4, -0.2) is 35.7 Å². The van der Waals surface area contributed by atoms with E-state index in [1.165, 1.54) is 5.06 Å². The molecule has 0 saturated carbocycles. The minimum Gasteiger partial charge on any atom is -0.458 e. The first-order chi connectivity index (χ1) is 13.7. The first-order valence-corrected chi connectivity index (χ1v) is 9.98. The van der Waals surface area contributed by atoms with Crippen LogP contribution >= 0.6 is 23.2 Å². The Morgan fingerprint density at radius 3 is 2.38 bits per heavy atom. The predicted octanol–water partition coefficient (Wildman–Crippen LogP) is 5.09.